The summed E-state index contributed by atoms with van der Waals surface area (Å²) in [5, 5.41) is 5.57. The number of benzene rings is 3. The second kappa shape index (κ2) is 9.16. The lowest BCUT2D eigenvalue weighted by molar-refractivity contribution is -0.131. The number of nitrogens with one attached hydrogen (secondary N) is 2. The highest BCUT2D eigenvalue weighted by Gasteiger charge is 2.13. The van der Waals surface area contributed by atoms with Crippen molar-refractivity contribution in [1.82, 2.24) is 0 Å². The van der Waals surface area contributed by atoms with E-state index in [1.807, 2.05) is 0 Å². The lowest BCUT2D eigenvalue weighted by Gasteiger charge is -2.13. The van der Waals surface area contributed by atoms with Gasteiger partial charge in [-0.3, -0.25) is 14.4 Å². The summed E-state index contributed by atoms with van der Waals surface area (Å²) in [6.45, 7) is 1.29. The minimum atomic E-state index is -0.469. The fourth-order valence-corrected chi connectivity index (χ4v) is 2.82. The van der Waals surface area contributed by atoms with Crippen LogP contribution in [-0.4, -0.2) is 17.8 Å². The molecule has 0 spiro atoms. The van der Waals surface area contributed by atoms with Crippen molar-refractivity contribution >= 4 is 45.1 Å². The van der Waals surface area contributed by atoms with Crippen molar-refractivity contribution in [3.63, 3.8) is 0 Å². The van der Waals surface area contributed by atoms with Crippen LogP contribution in [0.15, 0.2) is 77.3 Å². The summed E-state index contributed by atoms with van der Waals surface area (Å²) in [7, 11) is 0. The van der Waals surface area contributed by atoms with Crippen molar-refractivity contribution in [2.24, 2.45) is 0 Å². The molecule has 7 heteroatoms. The molecule has 0 bridgehead atoms. The first-order valence-electron chi connectivity index (χ1n) is 8.68. The normalized spacial score (nSPS) is 10.1. The van der Waals surface area contributed by atoms with Gasteiger partial charge in [-0.2, -0.15) is 0 Å². The van der Waals surface area contributed by atoms with Gasteiger partial charge in [-0.05, 0) is 54.6 Å². The summed E-state index contributed by atoms with van der Waals surface area (Å²) in [6, 6.07) is 20.1. The van der Waals surface area contributed by atoms with Crippen LogP contribution in [0.2, 0.25) is 0 Å². The van der Waals surface area contributed by atoms with E-state index in [9.17, 15) is 14.4 Å². The van der Waals surface area contributed by atoms with Crippen LogP contribution in [-0.2, 0) is 4.79 Å². The molecule has 0 heterocycles. The maximum absolute atomic E-state index is 12.6. The number of para-hydroxylation sites is 2. The second-order valence-corrected chi connectivity index (χ2v) is 7.00. The summed E-state index contributed by atoms with van der Waals surface area (Å²) < 4.78 is 5.88. The molecule has 0 atom stereocenters. The molecule has 6 nitrogen and oxygen atoms in total. The molecule has 0 fully saturated rings. The number of halogens is 1. The lowest BCUT2D eigenvalue weighted by Crippen LogP contribution is -2.17. The van der Waals surface area contributed by atoms with Gasteiger partial charge in [0.05, 0.1) is 11.4 Å². The van der Waals surface area contributed by atoms with Gasteiger partial charge in [0, 0.05) is 22.5 Å². The molecule has 29 heavy (non-hydrogen) atoms. The van der Waals surface area contributed by atoms with E-state index in [4.69, 9.17) is 4.74 Å². The van der Waals surface area contributed by atoms with Crippen LogP contribution < -0.4 is 15.4 Å². The van der Waals surface area contributed by atoms with Gasteiger partial charge in [-0.1, -0.05) is 34.1 Å². The van der Waals surface area contributed by atoms with E-state index in [2.05, 4.69) is 26.6 Å². The average molecular weight is 453 g/mol. The zero-order valence-electron chi connectivity index (χ0n) is 15.4. The largest absolute Gasteiger partial charge is 0.427 e. The summed E-state index contributed by atoms with van der Waals surface area (Å²) in [6.07, 6.45) is 0. The molecule has 0 aromatic heterocycles. The number of esters is 1. The Morgan fingerprint density at radius 1 is 0.759 bits per heavy atom. The van der Waals surface area contributed by atoms with Crippen LogP contribution in [0.5, 0.6) is 5.75 Å². The molecule has 3 aromatic carbocycles. The van der Waals surface area contributed by atoms with E-state index >= 15 is 0 Å². The number of amides is 2. The Hall–Kier alpha value is -3.45. The number of carbonyl (C=O) groups excluding carboxylic acids is 3. The van der Waals surface area contributed by atoms with E-state index in [1.165, 1.54) is 13.0 Å². The van der Waals surface area contributed by atoms with Crippen LogP contribution in [0.25, 0.3) is 0 Å². The van der Waals surface area contributed by atoms with E-state index in [1.54, 1.807) is 66.7 Å². The van der Waals surface area contributed by atoms with Crippen LogP contribution >= 0.6 is 15.9 Å². The smallest absolute Gasteiger partial charge is 0.308 e. The number of ether oxygens (including phenoxy) is 1. The molecular formula is C22H17BrN2O4. The van der Waals surface area contributed by atoms with E-state index in [0.29, 0.717) is 22.5 Å². The van der Waals surface area contributed by atoms with Gasteiger partial charge in [0.25, 0.3) is 11.8 Å². The zero-order valence-corrected chi connectivity index (χ0v) is 17.0. The SMILES string of the molecule is CC(=O)Oc1cccc(C(=O)Nc2ccccc2NC(=O)c2ccc(Br)cc2)c1. The fraction of sp³-hybridized carbons (Fsp3) is 0.0455. The Morgan fingerprint density at radius 2 is 1.34 bits per heavy atom. The predicted molar refractivity (Wildman–Crippen MR) is 114 cm³/mol. The Labute approximate surface area is 176 Å². The maximum Gasteiger partial charge on any atom is 0.308 e. The average Bonchev–Trinajstić information content (AvgIpc) is 2.69. The quantitative estimate of drug-likeness (QED) is 0.426. The second-order valence-electron chi connectivity index (χ2n) is 6.08. The highest BCUT2D eigenvalue weighted by molar-refractivity contribution is 9.10. The van der Waals surface area contributed by atoms with E-state index < -0.39 is 11.9 Å². The molecule has 0 aliphatic rings. The molecular weight excluding hydrogens is 436 g/mol. The van der Waals surface area contributed by atoms with Gasteiger partial charge in [0.15, 0.2) is 0 Å². The van der Waals surface area contributed by atoms with Crippen molar-refractivity contribution in [2.45, 2.75) is 6.92 Å². The van der Waals surface area contributed by atoms with Gasteiger partial charge in [-0.25, -0.2) is 0 Å². The monoisotopic (exact) mass is 452 g/mol. The van der Waals surface area contributed by atoms with Gasteiger partial charge >= 0.3 is 5.97 Å². The summed E-state index contributed by atoms with van der Waals surface area (Å²) in [4.78, 5) is 36.2. The molecule has 146 valence electrons. The molecule has 0 radical (unpaired) electrons. The van der Waals surface area contributed by atoms with Crippen LogP contribution in [0, 0.1) is 0 Å². The number of hydrogen-bond donors (Lipinski definition) is 2. The first-order chi connectivity index (χ1) is 13.9. The molecule has 0 aliphatic heterocycles. The first kappa shape index (κ1) is 20.3. The molecule has 2 N–H and O–H groups in total. The van der Waals surface area contributed by atoms with Crippen molar-refractivity contribution in [3.05, 3.63) is 88.4 Å². The summed E-state index contributed by atoms with van der Waals surface area (Å²) in [5.41, 5.74) is 1.71. The first-order valence-corrected chi connectivity index (χ1v) is 9.47. The Morgan fingerprint density at radius 3 is 1.93 bits per heavy atom. The van der Waals surface area contributed by atoms with Crippen molar-refractivity contribution in [2.75, 3.05) is 10.6 Å². The maximum atomic E-state index is 12.6. The molecule has 0 saturated carbocycles. The van der Waals surface area contributed by atoms with Gasteiger partial charge in [-0.15, -0.1) is 0 Å². The molecule has 0 unspecified atom stereocenters. The lowest BCUT2D eigenvalue weighted by atomic mass is 10.1. The summed E-state index contributed by atoms with van der Waals surface area (Å²) in [5.74, 6) is -0.883. The van der Waals surface area contributed by atoms with Crippen molar-refractivity contribution in [1.29, 1.82) is 0 Å². The molecule has 0 aliphatic carbocycles. The standard InChI is InChI=1S/C22H17BrN2O4/c1-14(26)29-18-6-4-5-16(13-18)22(28)25-20-8-3-2-7-19(20)24-21(27)15-9-11-17(23)12-10-15/h2-13H,1H3,(H,24,27)(H,25,28). The van der Waals surface area contributed by atoms with Crippen molar-refractivity contribution < 1.29 is 19.1 Å². The van der Waals surface area contributed by atoms with Crippen LogP contribution in [0.1, 0.15) is 27.6 Å². The molecule has 0 saturated heterocycles. The fourth-order valence-electron chi connectivity index (χ4n) is 2.56. The van der Waals surface area contributed by atoms with Gasteiger partial charge in [0.1, 0.15) is 5.75 Å². The number of carbonyl (C=O) groups is 3. The Balaban J connectivity index is 1.77. The number of hydrogen-bond acceptors (Lipinski definition) is 4. The minimum absolute atomic E-state index is 0.280. The van der Waals surface area contributed by atoms with Gasteiger partial charge in [0.2, 0.25) is 0 Å². The molecule has 3 rings (SSSR count). The summed E-state index contributed by atoms with van der Waals surface area (Å²) >= 11 is 3.33. The molecule has 3 aromatic rings. The Bertz CT molecular complexity index is 1060. The van der Waals surface area contributed by atoms with E-state index in [-0.39, 0.29) is 11.7 Å². The van der Waals surface area contributed by atoms with Gasteiger partial charge < -0.3 is 15.4 Å². The van der Waals surface area contributed by atoms with E-state index in [0.717, 1.165) is 4.47 Å². The Kier molecular flexibility index (Phi) is 6.41. The highest BCUT2D eigenvalue weighted by Crippen LogP contribution is 2.23. The third kappa shape index (κ3) is 5.52. The zero-order chi connectivity index (χ0) is 20.8. The highest BCUT2D eigenvalue weighted by atomic mass is 79.9. The molecule has 2 amide bonds. The minimum Gasteiger partial charge on any atom is -0.427 e. The van der Waals surface area contributed by atoms with Crippen LogP contribution in [0.3, 0.4) is 0 Å². The van der Waals surface area contributed by atoms with Crippen molar-refractivity contribution in [3.8, 4) is 5.75 Å². The predicted octanol–water partition coefficient (Wildman–Crippen LogP) is 4.88. The number of anilines is 2. The van der Waals surface area contributed by atoms with Crippen LogP contribution in [0.4, 0.5) is 11.4 Å². The third-order valence-electron chi connectivity index (χ3n) is 3.89. The third-order valence-corrected chi connectivity index (χ3v) is 4.42. The number of rotatable bonds is 5. The topological polar surface area (TPSA) is 84.5 Å².